The smallest absolute Gasteiger partial charge is 0.296 e. The Labute approximate surface area is 124 Å². The van der Waals surface area contributed by atoms with E-state index in [0.717, 1.165) is 25.7 Å². The average Bonchev–Trinajstić information content (AvgIpc) is 2.48. The molecule has 0 spiro atoms. The highest BCUT2D eigenvalue weighted by molar-refractivity contribution is 5.89. The molecule has 3 N–H and O–H groups in total. The Kier molecular flexibility index (Phi) is 4.73. The first-order chi connectivity index (χ1) is 10.1. The van der Waals surface area contributed by atoms with Crippen LogP contribution in [0.1, 0.15) is 32.6 Å². The van der Waals surface area contributed by atoms with E-state index in [1.807, 2.05) is 0 Å². The third kappa shape index (κ3) is 3.12. The van der Waals surface area contributed by atoms with Gasteiger partial charge in [-0.05, 0) is 24.6 Å². The van der Waals surface area contributed by atoms with Crippen LogP contribution in [0.2, 0.25) is 0 Å². The number of nitrogens with zero attached hydrogens (tertiary/aromatic N) is 1. The summed E-state index contributed by atoms with van der Waals surface area (Å²) in [5, 5.41) is 10.8. The SMILES string of the molecule is CCCCCCOc1c(O)c(=O)n(C)c2cc(N)ccc12. The first-order valence-electron chi connectivity index (χ1n) is 7.30. The van der Waals surface area contributed by atoms with Crippen LogP contribution in [0, 0.1) is 0 Å². The molecule has 0 unspecified atom stereocenters. The quantitative estimate of drug-likeness (QED) is 0.633. The number of rotatable bonds is 6. The Morgan fingerprint density at radius 3 is 2.76 bits per heavy atom. The first kappa shape index (κ1) is 15.2. The second kappa shape index (κ2) is 6.52. The van der Waals surface area contributed by atoms with Crippen molar-refractivity contribution in [1.29, 1.82) is 0 Å². The van der Waals surface area contributed by atoms with E-state index < -0.39 is 5.56 Å². The standard InChI is InChI=1S/C16H22N2O3/c1-3-4-5-6-9-21-15-12-8-7-11(17)10-13(12)18(2)16(20)14(15)19/h7-8,10,19H,3-6,9,17H2,1-2H3. The largest absolute Gasteiger partial charge is 0.500 e. The van der Waals surface area contributed by atoms with E-state index in [0.29, 0.717) is 23.2 Å². The molecule has 0 amide bonds. The molecule has 1 aromatic heterocycles. The molecule has 21 heavy (non-hydrogen) atoms. The zero-order chi connectivity index (χ0) is 15.4. The topological polar surface area (TPSA) is 77.5 Å². The minimum atomic E-state index is -0.475. The number of hydrogen-bond donors (Lipinski definition) is 2. The van der Waals surface area contributed by atoms with Crippen LogP contribution in [0.15, 0.2) is 23.0 Å². The number of benzene rings is 1. The van der Waals surface area contributed by atoms with Crippen LogP contribution < -0.4 is 16.0 Å². The maximum Gasteiger partial charge on any atom is 0.296 e. The van der Waals surface area contributed by atoms with E-state index in [4.69, 9.17) is 10.5 Å². The summed E-state index contributed by atoms with van der Waals surface area (Å²) in [6, 6.07) is 5.21. The van der Waals surface area contributed by atoms with E-state index >= 15 is 0 Å². The average molecular weight is 290 g/mol. The number of unbranched alkanes of at least 4 members (excludes halogenated alkanes) is 3. The van der Waals surface area contributed by atoms with Gasteiger partial charge in [-0.3, -0.25) is 4.79 Å². The summed E-state index contributed by atoms with van der Waals surface area (Å²) in [7, 11) is 1.61. The van der Waals surface area contributed by atoms with Crippen molar-refractivity contribution < 1.29 is 9.84 Å². The Bertz CT molecular complexity index is 692. The number of anilines is 1. The van der Waals surface area contributed by atoms with E-state index in [1.165, 1.54) is 4.57 Å². The molecule has 0 bridgehead atoms. The highest BCUT2D eigenvalue weighted by atomic mass is 16.5. The Morgan fingerprint density at radius 2 is 2.05 bits per heavy atom. The molecule has 0 saturated heterocycles. The Hall–Kier alpha value is -2.17. The highest BCUT2D eigenvalue weighted by Gasteiger charge is 2.15. The molecular weight excluding hydrogens is 268 g/mol. The highest BCUT2D eigenvalue weighted by Crippen LogP contribution is 2.32. The second-order valence-corrected chi connectivity index (χ2v) is 5.23. The number of nitrogen functional groups attached to an aromatic ring is 1. The monoisotopic (exact) mass is 290 g/mol. The molecule has 1 heterocycles. The molecular formula is C16H22N2O3. The van der Waals surface area contributed by atoms with Gasteiger partial charge in [0.05, 0.1) is 12.1 Å². The lowest BCUT2D eigenvalue weighted by atomic mass is 10.1. The van der Waals surface area contributed by atoms with E-state index in [-0.39, 0.29) is 11.5 Å². The van der Waals surface area contributed by atoms with E-state index in [1.54, 1.807) is 25.2 Å². The van der Waals surface area contributed by atoms with Crippen molar-refractivity contribution in [2.45, 2.75) is 32.6 Å². The Morgan fingerprint density at radius 1 is 1.29 bits per heavy atom. The fourth-order valence-corrected chi connectivity index (χ4v) is 2.36. The molecule has 0 aliphatic rings. The lowest BCUT2D eigenvalue weighted by Crippen LogP contribution is -2.18. The first-order valence-corrected chi connectivity index (χ1v) is 7.30. The van der Waals surface area contributed by atoms with Crippen LogP contribution in [-0.2, 0) is 7.05 Å². The third-order valence-electron chi connectivity index (χ3n) is 3.59. The van der Waals surface area contributed by atoms with E-state index in [2.05, 4.69) is 6.92 Å². The van der Waals surface area contributed by atoms with Crippen molar-refractivity contribution in [1.82, 2.24) is 4.57 Å². The van der Waals surface area contributed by atoms with Gasteiger partial charge in [0.2, 0.25) is 5.75 Å². The summed E-state index contributed by atoms with van der Waals surface area (Å²) >= 11 is 0. The van der Waals surface area contributed by atoms with Gasteiger partial charge in [0.25, 0.3) is 5.56 Å². The molecule has 5 heteroatoms. The van der Waals surface area contributed by atoms with Crippen LogP contribution in [0.3, 0.4) is 0 Å². The second-order valence-electron chi connectivity index (χ2n) is 5.23. The zero-order valence-electron chi connectivity index (χ0n) is 12.6. The molecule has 2 aromatic rings. The number of aromatic nitrogens is 1. The van der Waals surface area contributed by atoms with Crippen LogP contribution in [0.5, 0.6) is 11.5 Å². The van der Waals surface area contributed by atoms with Crippen LogP contribution in [0.25, 0.3) is 10.9 Å². The van der Waals surface area contributed by atoms with Crippen LogP contribution in [-0.4, -0.2) is 16.3 Å². The molecule has 1 aromatic carbocycles. The van der Waals surface area contributed by atoms with Crippen molar-refractivity contribution in [2.24, 2.45) is 7.05 Å². The van der Waals surface area contributed by atoms with Gasteiger partial charge in [0.15, 0.2) is 5.75 Å². The number of fused-ring (bicyclic) bond motifs is 1. The van der Waals surface area contributed by atoms with Crippen molar-refractivity contribution >= 4 is 16.6 Å². The number of aromatic hydroxyl groups is 1. The van der Waals surface area contributed by atoms with Gasteiger partial charge in [0.1, 0.15) is 0 Å². The molecule has 0 aliphatic heterocycles. The fraction of sp³-hybridized carbons (Fsp3) is 0.438. The van der Waals surface area contributed by atoms with Crippen molar-refractivity contribution in [2.75, 3.05) is 12.3 Å². The molecule has 0 saturated carbocycles. The lowest BCUT2D eigenvalue weighted by molar-refractivity contribution is 0.291. The molecule has 0 atom stereocenters. The summed E-state index contributed by atoms with van der Waals surface area (Å²) in [5.41, 5.74) is 6.51. The zero-order valence-corrected chi connectivity index (χ0v) is 12.6. The molecule has 2 rings (SSSR count). The molecule has 0 fully saturated rings. The molecule has 5 nitrogen and oxygen atoms in total. The maximum absolute atomic E-state index is 12.0. The van der Waals surface area contributed by atoms with Gasteiger partial charge >= 0.3 is 0 Å². The summed E-state index contributed by atoms with van der Waals surface area (Å²) in [6.07, 6.45) is 4.29. The molecule has 114 valence electrons. The van der Waals surface area contributed by atoms with Gasteiger partial charge in [0, 0.05) is 18.1 Å². The van der Waals surface area contributed by atoms with Gasteiger partial charge in [-0.1, -0.05) is 26.2 Å². The number of nitrogens with two attached hydrogens (primary N) is 1. The van der Waals surface area contributed by atoms with Crippen molar-refractivity contribution in [3.8, 4) is 11.5 Å². The lowest BCUT2D eigenvalue weighted by Gasteiger charge is -2.14. The predicted molar refractivity (Wildman–Crippen MR) is 84.9 cm³/mol. The normalized spacial score (nSPS) is 11.0. The van der Waals surface area contributed by atoms with Gasteiger partial charge in [-0.15, -0.1) is 0 Å². The van der Waals surface area contributed by atoms with Crippen molar-refractivity contribution in [3.05, 3.63) is 28.6 Å². The van der Waals surface area contributed by atoms with Crippen LogP contribution >= 0.6 is 0 Å². The fourth-order valence-electron chi connectivity index (χ4n) is 2.36. The number of hydrogen-bond acceptors (Lipinski definition) is 4. The van der Waals surface area contributed by atoms with Gasteiger partial charge in [-0.2, -0.15) is 0 Å². The minimum Gasteiger partial charge on any atom is -0.500 e. The Balaban J connectivity index is 2.36. The van der Waals surface area contributed by atoms with Crippen molar-refractivity contribution in [3.63, 3.8) is 0 Å². The van der Waals surface area contributed by atoms with E-state index in [9.17, 15) is 9.90 Å². The summed E-state index contributed by atoms with van der Waals surface area (Å²) in [4.78, 5) is 12.0. The predicted octanol–water partition coefficient (Wildman–Crippen LogP) is 2.79. The maximum atomic E-state index is 12.0. The van der Waals surface area contributed by atoms with Gasteiger partial charge in [-0.25, -0.2) is 0 Å². The summed E-state index contributed by atoms with van der Waals surface area (Å²) < 4.78 is 7.05. The third-order valence-corrected chi connectivity index (χ3v) is 3.59. The number of pyridine rings is 1. The molecule has 0 aliphatic carbocycles. The number of ether oxygens (including phenoxy) is 1. The van der Waals surface area contributed by atoms with Crippen LogP contribution in [0.4, 0.5) is 5.69 Å². The molecule has 0 radical (unpaired) electrons. The summed E-state index contributed by atoms with van der Waals surface area (Å²) in [5.74, 6) is -0.0881. The minimum absolute atomic E-state index is 0.254. The van der Waals surface area contributed by atoms with Gasteiger partial charge < -0.3 is 20.1 Å². The number of aryl methyl sites for hydroxylation is 1. The summed E-state index contributed by atoms with van der Waals surface area (Å²) in [6.45, 7) is 2.63.